The van der Waals surface area contributed by atoms with Crippen LogP contribution in [0.4, 0.5) is 13.2 Å². The molecule has 1 fully saturated rings. The fourth-order valence-electron chi connectivity index (χ4n) is 3.54. The van der Waals surface area contributed by atoms with Gasteiger partial charge in [-0.2, -0.15) is 0 Å². The van der Waals surface area contributed by atoms with Crippen LogP contribution in [0.3, 0.4) is 0 Å². The molecule has 2 aromatic rings. The van der Waals surface area contributed by atoms with Crippen LogP contribution in [0.25, 0.3) is 0 Å². The van der Waals surface area contributed by atoms with Crippen molar-refractivity contribution in [3.8, 4) is 17.2 Å². The topological polar surface area (TPSA) is 48.0 Å². The number of rotatable bonds is 8. The van der Waals surface area contributed by atoms with Gasteiger partial charge in [0.2, 0.25) is 0 Å². The van der Waals surface area contributed by atoms with Gasteiger partial charge in [-0.05, 0) is 82.5 Å². The first-order chi connectivity index (χ1) is 16.9. The number of halogens is 3. The summed E-state index contributed by atoms with van der Waals surface area (Å²) in [6, 6.07) is 12.2. The van der Waals surface area contributed by atoms with Gasteiger partial charge in [0, 0.05) is 12.1 Å². The number of amides is 1. The maximum Gasteiger partial charge on any atom is 0.573 e. The Hall–Kier alpha value is -3.42. The zero-order valence-corrected chi connectivity index (χ0v) is 21.0. The van der Waals surface area contributed by atoms with Crippen LogP contribution in [0.1, 0.15) is 50.4 Å². The summed E-state index contributed by atoms with van der Waals surface area (Å²) in [5, 5.41) is 0. The lowest BCUT2D eigenvalue weighted by atomic mass is 10.1. The molecule has 8 heteroatoms. The van der Waals surface area contributed by atoms with Crippen LogP contribution in [-0.4, -0.2) is 42.0 Å². The molecule has 1 atom stereocenters. The Morgan fingerprint density at radius 3 is 2.19 bits per heavy atom. The second kappa shape index (κ2) is 13.0. The van der Waals surface area contributed by atoms with Crippen LogP contribution >= 0.6 is 0 Å². The van der Waals surface area contributed by atoms with Gasteiger partial charge in [-0.15, -0.1) is 26.3 Å². The molecular weight excluding hydrogens is 471 g/mol. The number of carbonyl (C=O) groups excluding carboxylic acids is 1. The van der Waals surface area contributed by atoms with E-state index in [1.807, 2.05) is 45.1 Å². The number of ether oxygens (including phenoxy) is 3. The summed E-state index contributed by atoms with van der Waals surface area (Å²) in [4.78, 5) is 14.5. The van der Waals surface area contributed by atoms with E-state index in [1.54, 1.807) is 17.0 Å². The largest absolute Gasteiger partial charge is 0.573 e. The number of alkyl halides is 3. The number of nitrogens with zero attached hydrogens (tertiary/aromatic N) is 1. The smallest absolute Gasteiger partial charge is 0.491 e. The van der Waals surface area contributed by atoms with E-state index in [0.717, 1.165) is 31.1 Å². The van der Waals surface area contributed by atoms with Crippen LogP contribution in [0.2, 0.25) is 0 Å². The van der Waals surface area contributed by atoms with Gasteiger partial charge in [-0.1, -0.05) is 18.2 Å². The second-order valence-electron chi connectivity index (χ2n) is 9.18. The zero-order valence-electron chi connectivity index (χ0n) is 21.0. The van der Waals surface area contributed by atoms with Crippen LogP contribution < -0.4 is 14.2 Å². The van der Waals surface area contributed by atoms with Gasteiger partial charge < -0.3 is 19.1 Å². The van der Waals surface area contributed by atoms with Crippen molar-refractivity contribution in [1.29, 1.82) is 0 Å². The van der Waals surface area contributed by atoms with Crippen molar-refractivity contribution >= 4 is 5.91 Å². The van der Waals surface area contributed by atoms with Gasteiger partial charge in [0.05, 0.1) is 6.04 Å². The minimum atomic E-state index is -4.81. The molecule has 1 heterocycles. The third kappa shape index (κ3) is 10.1. The first kappa shape index (κ1) is 28.8. The van der Waals surface area contributed by atoms with Crippen molar-refractivity contribution in [3.63, 3.8) is 0 Å². The molecule has 1 saturated heterocycles. The highest BCUT2D eigenvalue weighted by atomic mass is 19.4. The van der Waals surface area contributed by atoms with Crippen molar-refractivity contribution in [3.05, 3.63) is 79.4 Å². The fraction of sp³-hybridized carbons (Fsp3) is 0.393. The molecule has 0 saturated carbocycles. The van der Waals surface area contributed by atoms with E-state index in [0.29, 0.717) is 18.9 Å². The molecule has 0 N–H and O–H groups in total. The highest BCUT2D eigenvalue weighted by molar-refractivity contribution is 5.95. The summed E-state index contributed by atoms with van der Waals surface area (Å²) in [5.74, 6) is 0.634. The molecule has 1 amide bonds. The van der Waals surface area contributed by atoms with Crippen molar-refractivity contribution in [2.45, 2.75) is 58.0 Å². The maximum atomic E-state index is 12.9. The van der Waals surface area contributed by atoms with E-state index in [9.17, 15) is 18.0 Å². The van der Waals surface area contributed by atoms with E-state index < -0.39 is 12.1 Å². The Balaban J connectivity index is 0.000000830. The van der Waals surface area contributed by atoms with Gasteiger partial charge in [0.1, 0.15) is 29.5 Å². The molecule has 0 bridgehead atoms. The fourth-order valence-corrected chi connectivity index (χ4v) is 3.54. The summed E-state index contributed by atoms with van der Waals surface area (Å²) in [6.07, 6.45) is 1.30. The van der Waals surface area contributed by atoms with Gasteiger partial charge in [0.15, 0.2) is 0 Å². The van der Waals surface area contributed by atoms with E-state index >= 15 is 0 Å². The third-order valence-electron chi connectivity index (χ3n) is 4.98. The van der Waals surface area contributed by atoms with E-state index in [-0.39, 0.29) is 23.1 Å². The molecule has 1 unspecified atom stereocenters. The molecule has 0 aliphatic carbocycles. The lowest BCUT2D eigenvalue weighted by Crippen LogP contribution is -2.39. The van der Waals surface area contributed by atoms with Gasteiger partial charge in [-0.25, -0.2) is 0 Å². The number of hydrogen-bond donors (Lipinski definition) is 0. The van der Waals surface area contributed by atoms with Crippen molar-refractivity contribution in [2.75, 3.05) is 13.2 Å². The maximum absolute atomic E-state index is 12.9. The summed E-state index contributed by atoms with van der Waals surface area (Å²) < 4.78 is 53.0. The molecule has 36 heavy (non-hydrogen) atoms. The molecule has 3 rings (SSSR count). The molecule has 2 aromatic carbocycles. The Morgan fingerprint density at radius 2 is 1.64 bits per heavy atom. The highest BCUT2D eigenvalue weighted by Crippen LogP contribution is 2.27. The standard InChI is InChI=1S/C23H26F3NO4.C5H8/c1-22(2,3)30-19-11-9-18(10-12-19)29-15-17-7-5-13-27(17)21(28)16-6-4-8-20(14-16)31-23(24,25)26;1-3-5-4-2/h4,6,8-12,14,17H,5,7,13,15H2,1-3H3;3-4H,1-2,5H2. The average Bonchev–Trinajstić information content (AvgIpc) is 3.26. The molecule has 196 valence electrons. The Labute approximate surface area is 211 Å². The number of allylic oxidation sites excluding steroid dienone is 2. The van der Waals surface area contributed by atoms with Crippen LogP contribution in [0.5, 0.6) is 17.2 Å². The minimum Gasteiger partial charge on any atom is -0.491 e. The van der Waals surface area contributed by atoms with E-state index in [2.05, 4.69) is 17.9 Å². The molecular formula is C28H34F3NO4. The van der Waals surface area contributed by atoms with Crippen LogP contribution in [0, 0.1) is 0 Å². The summed E-state index contributed by atoms with van der Waals surface area (Å²) in [6.45, 7) is 13.7. The second-order valence-corrected chi connectivity index (χ2v) is 9.18. The molecule has 0 radical (unpaired) electrons. The Morgan fingerprint density at radius 1 is 1.00 bits per heavy atom. The number of hydrogen-bond acceptors (Lipinski definition) is 4. The predicted molar refractivity (Wildman–Crippen MR) is 135 cm³/mol. The molecule has 1 aliphatic rings. The molecule has 5 nitrogen and oxygen atoms in total. The average molecular weight is 506 g/mol. The quantitative estimate of drug-likeness (QED) is 0.356. The van der Waals surface area contributed by atoms with E-state index in [1.165, 1.54) is 18.2 Å². The lowest BCUT2D eigenvalue weighted by molar-refractivity contribution is -0.274. The summed E-state index contributed by atoms with van der Waals surface area (Å²) >= 11 is 0. The minimum absolute atomic E-state index is 0.150. The molecule has 0 aromatic heterocycles. The third-order valence-corrected chi connectivity index (χ3v) is 4.98. The highest BCUT2D eigenvalue weighted by Gasteiger charge is 2.33. The monoisotopic (exact) mass is 505 g/mol. The zero-order chi connectivity index (χ0) is 26.8. The van der Waals surface area contributed by atoms with E-state index in [4.69, 9.17) is 9.47 Å². The first-order valence-corrected chi connectivity index (χ1v) is 11.7. The van der Waals surface area contributed by atoms with Gasteiger partial charge in [-0.3, -0.25) is 4.79 Å². The molecule has 0 spiro atoms. The SMILES string of the molecule is C=CCC=C.CC(C)(C)Oc1ccc(OCC2CCCN2C(=O)c2cccc(OC(F)(F)F)c2)cc1. The Bertz CT molecular complexity index is 991. The lowest BCUT2D eigenvalue weighted by Gasteiger charge is -2.25. The normalized spacial score (nSPS) is 15.4. The first-order valence-electron chi connectivity index (χ1n) is 11.7. The van der Waals surface area contributed by atoms with Gasteiger partial charge in [0.25, 0.3) is 5.91 Å². The summed E-state index contributed by atoms with van der Waals surface area (Å²) in [5.41, 5.74) is -0.146. The molecule has 1 aliphatic heterocycles. The number of likely N-dealkylation sites (tertiary alicyclic amines) is 1. The Kier molecular flexibility index (Phi) is 10.4. The van der Waals surface area contributed by atoms with Crippen LogP contribution in [-0.2, 0) is 0 Å². The van der Waals surface area contributed by atoms with Crippen LogP contribution in [0.15, 0.2) is 73.8 Å². The number of benzene rings is 2. The van der Waals surface area contributed by atoms with Crippen molar-refractivity contribution < 1.29 is 32.2 Å². The van der Waals surface area contributed by atoms with Crippen molar-refractivity contribution in [2.24, 2.45) is 0 Å². The van der Waals surface area contributed by atoms with Crippen molar-refractivity contribution in [1.82, 2.24) is 4.90 Å². The summed E-state index contributed by atoms with van der Waals surface area (Å²) in [7, 11) is 0. The van der Waals surface area contributed by atoms with Gasteiger partial charge >= 0.3 is 6.36 Å². The predicted octanol–water partition coefficient (Wildman–Crippen LogP) is 7.19. The number of carbonyl (C=O) groups is 1.